The number of aromatic nitrogens is 3. The molecule has 0 radical (unpaired) electrons. The van der Waals surface area contributed by atoms with E-state index in [1.165, 1.54) is 12.1 Å². The summed E-state index contributed by atoms with van der Waals surface area (Å²) in [4.78, 5) is 14.7. The van der Waals surface area contributed by atoms with Crippen LogP contribution in [0.4, 0.5) is 5.69 Å². The van der Waals surface area contributed by atoms with Gasteiger partial charge < -0.3 is 4.74 Å². The van der Waals surface area contributed by atoms with Gasteiger partial charge in [-0.3, -0.25) is 10.1 Å². The van der Waals surface area contributed by atoms with E-state index in [1.807, 2.05) is 18.2 Å². The van der Waals surface area contributed by atoms with E-state index in [0.29, 0.717) is 17.9 Å². The first-order valence-corrected chi connectivity index (χ1v) is 7.83. The fraction of sp³-hybridized carbons (Fsp3) is 0.125. The van der Waals surface area contributed by atoms with Gasteiger partial charge in [0.25, 0.3) is 5.69 Å². The van der Waals surface area contributed by atoms with Crippen LogP contribution in [0.15, 0.2) is 53.3 Å². The van der Waals surface area contributed by atoms with Gasteiger partial charge in [0, 0.05) is 27.7 Å². The van der Waals surface area contributed by atoms with Crippen molar-refractivity contribution in [1.29, 1.82) is 0 Å². The summed E-state index contributed by atoms with van der Waals surface area (Å²) in [5.74, 6) is 1.19. The average Bonchev–Trinajstić information content (AvgIpc) is 3.04. The van der Waals surface area contributed by atoms with Crippen molar-refractivity contribution in [2.45, 2.75) is 6.54 Å². The number of nitrogens with zero attached hydrogens (tertiary/aromatic N) is 4. The van der Waals surface area contributed by atoms with Gasteiger partial charge in [-0.2, -0.15) is 5.10 Å². The van der Waals surface area contributed by atoms with Gasteiger partial charge in [0.2, 0.25) is 0 Å². The molecular formula is C16H13BrN4O3. The SMILES string of the molecule is COc1ccc(Br)cc1Cn1cnc(-c2cccc([N+](=O)[O-])c2)n1. The Kier molecular flexibility index (Phi) is 4.57. The van der Waals surface area contributed by atoms with E-state index in [4.69, 9.17) is 4.74 Å². The Bertz CT molecular complexity index is 895. The third-order valence-corrected chi connectivity index (χ3v) is 3.92. The zero-order valence-corrected chi connectivity index (χ0v) is 14.3. The molecule has 1 aromatic heterocycles. The van der Waals surface area contributed by atoms with Gasteiger partial charge in [-0.15, -0.1) is 0 Å². The van der Waals surface area contributed by atoms with Crippen LogP contribution in [-0.4, -0.2) is 26.8 Å². The van der Waals surface area contributed by atoms with Crippen LogP contribution in [0.5, 0.6) is 5.75 Å². The first kappa shape index (κ1) is 16.1. The Labute approximate surface area is 146 Å². The molecule has 1 heterocycles. The van der Waals surface area contributed by atoms with Gasteiger partial charge in [-0.1, -0.05) is 28.1 Å². The van der Waals surface area contributed by atoms with Gasteiger partial charge >= 0.3 is 0 Å². The molecule has 3 rings (SSSR count). The van der Waals surface area contributed by atoms with Crippen molar-refractivity contribution in [1.82, 2.24) is 14.8 Å². The largest absolute Gasteiger partial charge is 0.496 e. The summed E-state index contributed by atoms with van der Waals surface area (Å²) >= 11 is 3.44. The number of methoxy groups -OCH3 is 1. The first-order chi connectivity index (χ1) is 11.6. The zero-order valence-electron chi connectivity index (χ0n) is 12.7. The van der Waals surface area contributed by atoms with Crippen molar-refractivity contribution in [2.75, 3.05) is 7.11 Å². The molecule has 0 atom stereocenters. The van der Waals surface area contributed by atoms with Gasteiger partial charge in [-0.05, 0) is 18.2 Å². The lowest BCUT2D eigenvalue weighted by Gasteiger charge is -2.08. The topological polar surface area (TPSA) is 83.1 Å². The lowest BCUT2D eigenvalue weighted by atomic mass is 10.2. The summed E-state index contributed by atoms with van der Waals surface area (Å²) in [5.41, 5.74) is 1.56. The summed E-state index contributed by atoms with van der Waals surface area (Å²) in [5, 5.41) is 15.3. The van der Waals surface area contributed by atoms with Crippen LogP contribution in [-0.2, 0) is 6.54 Å². The molecule has 7 nitrogen and oxygen atoms in total. The second-order valence-electron chi connectivity index (χ2n) is 5.03. The highest BCUT2D eigenvalue weighted by molar-refractivity contribution is 9.10. The van der Waals surface area contributed by atoms with E-state index in [0.717, 1.165) is 15.8 Å². The van der Waals surface area contributed by atoms with E-state index >= 15 is 0 Å². The van der Waals surface area contributed by atoms with Gasteiger partial charge in [0.15, 0.2) is 5.82 Å². The molecule has 0 amide bonds. The Morgan fingerprint density at radius 3 is 2.88 bits per heavy atom. The smallest absolute Gasteiger partial charge is 0.270 e. The third-order valence-electron chi connectivity index (χ3n) is 3.43. The fourth-order valence-corrected chi connectivity index (χ4v) is 2.72. The Morgan fingerprint density at radius 1 is 1.29 bits per heavy atom. The van der Waals surface area contributed by atoms with Crippen molar-refractivity contribution in [3.05, 3.63) is 68.9 Å². The van der Waals surface area contributed by atoms with Crippen molar-refractivity contribution < 1.29 is 9.66 Å². The second kappa shape index (κ2) is 6.79. The lowest BCUT2D eigenvalue weighted by molar-refractivity contribution is -0.384. The Hall–Kier alpha value is -2.74. The van der Waals surface area contributed by atoms with E-state index in [9.17, 15) is 10.1 Å². The highest BCUT2D eigenvalue weighted by atomic mass is 79.9. The minimum atomic E-state index is -0.438. The summed E-state index contributed by atoms with van der Waals surface area (Å²) in [7, 11) is 1.61. The quantitative estimate of drug-likeness (QED) is 0.491. The van der Waals surface area contributed by atoms with Crippen molar-refractivity contribution in [3.8, 4) is 17.1 Å². The molecule has 0 saturated carbocycles. The van der Waals surface area contributed by atoms with E-state index in [1.54, 1.807) is 30.3 Å². The number of halogens is 1. The lowest BCUT2D eigenvalue weighted by Crippen LogP contribution is -2.02. The van der Waals surface area contributed by atoms with Crippen LogP contribution in [0.2, 0.25) is 0 Å². The van der Waals surface area contributed by atoms with E-state index in [-0.39, 0.29) is 5.69 Å². The van der Waals surface area contributed by atoms with Crippen LogP contribution < -0.4 is 4.74 Å². The number of hydrogen-bond donors (Lipinski definition) is 0. The summed E-state index contributed by atoms with van der Waals surface area (Å²) in [6, 6.07) is 12.0. The van der Waals surface area contributed by atoms with Crippen molar-refractivity contribution in [3.63, 3.8) is 0 Å². The standard InChI is InChI=1S/C16H13BrN4O3/c1-24-15-6-5-13(17)7-12(15)9-20-10-18-16(19-20)11-3-2-4-14(8-11)21(22)23/h2-8,10H,9H2,1H3. The van der Waals surface area contributed by atoms with Crippen LogP contribution in [0.25, 0.3) is 11.4 Å². The summed E-state index contributed by atoms with van der Waals surface area (Å²) in [6.45, 7) is 0.477. The molecule has 0 unspecified atom stereocenters. The number of non-ortho nitro benzene ring substituents is 1. The number of rotatable bonds is 5. The fourth-order valence-electron chi connectivity index (χ4n) is 2.31. The number of nitro benzene ring substituents is 1. The molecule has 0 aliphatic heterocycles. The zero-order chi connectivity index (χ0) is 17.1. The maximum Gasteiger partial charge on any atom is 0.270 e. The summed E-state index contributed by atoms with van der Waals surface area (Å²) < 4.78 is 7.96. The van der Waals surface area contributed by atoms with Gasteiger partial charge in [-0.25, -0.2) is 9.67 Å². The molecule has 3 aromatic rings. The molecular weight excluding hydrogens is 376 g/mol. The monoisotopic (exact) mass is 388 g/mol. The maximum absolute atomic E-state index is 10.9. The highest BCUT2D eigenvalue weighted by Gasteiger charge is 2.11. The number of nitro groups is 1. The minimum Gasteiger partial charge on any atom is -0.496 e. The Morgan fingerprint density at radius 2 is 2.12 bits per heavy atom. The molecule has 2 aromatic carbocycles. The molecule has 0 bridgehead atoms. The normalized spacial score (nSPS) is 10.6. The van der Waals surface area contributed by atoms with Crippen molar-refractivity contribution in [2.24, 2.45) is 0 Å². The molecule has 8 heteroatoms. The molecule has 122 valence electrons. The van der Waals surface area contributed by atoms with Crippen molar-refractivity contribution >= 4 is 21.6 Å². The minimum absolute atomic E-state index is 0.0116. The Balaban J connectivity index is 1.88. The number of benzene rings is 2. The van der Waals surface area contributed by atoms with E-state index in [2.05, 4.69) is 26.0 Å². The highest BCUT2D eigenvalue weighted by Crippen LogP contribution is 2.24. The van der Waals surface area contributed by atoms with Crippen LogP contribution in [0.1, 0.15) is 5.56 Å². The predicted molar refractivity (Wildman–Crippen MR) is 91.9 cm³/mol. The molecule has 0 aliphatic carbocycles. The molecule has 0 aliphatic rings. The molecule has 0 saturated heterocycles. The molecule has 0 spiro atoms. The number of hydrogen-bond acceptors (Lipinski definition) is 5. The summed E-state index contributed by atoms with van der Waals surface area (Å²) in [6.07, 6.45) is 1.59. The molecule has 0 fully saturated rings. The maximum atomic E-state index is 10.9. The molecule has 24 heavy (non-hydrogen) atoms. The number of ether oxygens (including phenoxy) is 1. The average molecular weight is 389 g/mol. The predicted octanol–water partition coefficient (Wildman–Crippen LogP) is 3.67. The first-order valence-electron chi connectivity index (χ1n) is 7.03. The van der Waals surface area contributed by atoms with Crippen LogP contribution in [0, 0.1) is 10.1 Å². The second-order valence-corrected chi connectivity index (χ2v) is 5.95. The van der Waals surface area contributed by atoms with Gasteiger partial charge in [0.1, 0.15) is 12.1 Å². The third kappa shape index (κ3) is 3.43. The molecule has 0 N–H and O–H groups in total. The van der Waals surface area contributed by atoms with Crippen LogP contribution in [0.3, 0.4) is 0 Å². The van der Waals surface area contributed by atoms with Crippen LogP contribution >= 0.6 is 15.9 Å². The van der Waals surface area contributed by atoms with Gasteiger partial charge in [0.05, 0.1) is 18.6 Å². The van der Waals surface area contributed by atoms with E-state index < -0.39 is 4.92 Å².